The SMILES string of the molecule is C=C(/C=C\C(=C)N1CCCC1)CN1CCC(C)(CC#N)CC1.CC. The van der Waals surface area contributed by atoms with Crippen molar-refractivity contribution >= 4 is 0 Å². The van der Waals surface area contributed by atoms with Crippen LogP contribution in [0.4, 0.5) is 0 Å². The summed E-state index contributed by atoms with van der Waals surface area (Å²) in [4.78, 5) is 4.79. The van der Waals surface area contributed by atoms with E-state index in [4.69, 9.17) is 5.26 Å². The van der Waals surface area contributed by atoms with E-state index in [0.717, 1.165) is 56.8 Å². The standard InChI is InChI=1S/C19H29N3.C2H6/c1-17(6-7-18(2)22-12-4-5-13-22)16-21-14-9-19(3,8-11-20)10-15-21;1-2/h6-7H,1-2,4-5,8-10,12-16H2,3H3;1-2H3/b7-6-;. The molecule has 0 spiro atoms. The van der Waals surface area contributed by atoms with Crippen LogP contribution in [0.3, 0.4) is 0 Å². The largest absolute Gasteiger partial charge is 0.372 e. The van der Waals surface area contributed by atoms with Crippen molar-refractivity contribution in [1.29, 1.82) is 5.26 Å². The van der Waals surface area contributed by atoms with Gasteiger partial charge in [-0.1, -0.05) is 40.0 Å². The topological polar surface area (TPSA) is 30.3 Å². The molecule has 0 atom stereocenters. The Morgan fingerprint density at radius 2 is 1.67 bits per heavy atom. The molecular weight excluding hydrogens is 294 g/mol. The first-order valence-corrected chi connectivity index (χ1v) is 9.41. The first-order valence-electron chi connectivity index (χ1n) is 9.41. The van der Waals surface area contributed by atoms with Gasteiger partial charge in [0.2, 0.25) is 0 Å². The molecule has 2 rings (SSSR count). The molecule has 2 aliphatic rings. The minimum absolute atomic E-state index is 0.215. The Kier molecular flexibility index (Phi) is 8.85. The Balaban J connectivity index is 0.00000139. The van der Waals surface area contributed by atoms with Crippen molar-refractivity contribution < 1.29 is 0 Å². The maximum Gasteiger partial charge on any atom is 0.0627 e. The first-order chi connectivity index (χ1) is 11.5. The van der Waals surface area contributed by atoms with Crippen LogP contribution >= 0.6 is 0 Å². The van der Waals surface area contributed by atoms with Crippen molar-refractivity contribution in [3.63, 3.8) is 0 Å². The Labute approximate surface area is 149 Å². The number of likely N-dealkylation sites (tertiary alicyclic amines) is 2. The van der Waals surface area contributed by atoms with Crippen LogP contribution in [0.5, 0.6) is 0 Å². The average molecular weight is 330 g/mol. The quantitative estimate of drug-likeness (QED) is 0.659. The predicted molar refractivity (Wildman–Crippen MR) is 104 cm³/mol. The number of nitriles is 1. The molecule has 0 aromatic rings. The lowest BCUT2D eigenvalue weighted by Crippen LogP contribution is -2.39. The molecule has 0 amide bonds. The van der Waals surface area contributed by atoms with Gasteiger partial charge >= 0.3 is 0 Å². The number of piperidine rings is 1. The molecule has 0 aromatic carbocycles. The summed E-state index contributed by atoms with van der Waals surface area (Å²) in [6, 6.07) is 2.33. The maximum absolute atomic E-state index is 8.91. The van der Waals surface area contributed by atoms with E-state index in [1.54, 1.807) is 0 Å². The van der Waals surface area contributed by atoms with Gasteiger partial charge in [-0.05, 0) is 55.8 Å². The lowest BCUT2D eigenvalue weighted by molar-refractivity contribution is 0.130. The Hall–Kier alpha value is -1.53. The smallest absolute Gasteiger partial charge is 0.0627 e. The molecule has 0 aromatic heterocycles. The van der Waals surface area contributed by atoms with Crippen LogP contribution in [0.25, 0.3) is 0 Å². The van der Waals surface area contributed by atoms with E-state index >= 15 is 0 Å². The van der Waals surface area contributed by atoms with Gasteiger partial charge in [-0.25, -0.2) is 0 Å². The third kappa shape index (κ3) is 6.53. The number of hydrogen-bond acceptors (Lipinski definition) is 3. The molecule has 134 valence electrons. The van der Waals surface area contributed by atoms with Crippen LogP contribution in [0, 0.1) is 16.7 Å². The van der Waals surface area contributed by atoms with Crippen molar-refractivity contribution in [2.45, 2.75) is 52.9 Å². The highest BCUT2D eigenvalue weighted by Gasteiger charge is 2.29. The van der Waals surface area contributed by atoms with Gasteiger partial charge in [-0.15, -0.1) is 0 Å². The predicted octanol–water partition coefficient (Wildman–Crippen LogP) is 4.75. The van der Waals surface area contributed by atoms with Crippen LogP contribution in [-0.2, 0) is 0 Å². The van der Waals surface area contributed by atoms with Gasteiger partial charge in [0.15, 0.2) is 0 Å². The maximum atomic E-state index is 8.91. The minimum Gasteiger partial charge on any atom is -0.372 e. The fourth-order valence-corrected chi connectivity index (χ4v) is 3.28. The molecule has 3 heteroatoms. The zero-order chi connectivity index (χ0) is 18.0. The third-order valence-electron chi connectivity index (χ3n) is 5.02. The zero-order valence-corrected chi connectivity index (χ0v) is 16.0. The molecule has 2 heterocycles. The molecule has 0 bridgehead atoms. The van der Waals surface area contributed by atoms with Gasteiger partial charge in [0.25, 0.3) is 0 Å². The second-order valence-corrected chi connectivity index (χ2v) is 7.10. The Morgan fingerprint density at radius 1 is 1.08 bits per heavy atom. The van der Waals surface area contributed by atoms with E-state index < -0.39 is 0 Å². The summed E-state index contributed by atoms with van der Waals surface area (Å²) < 4.78 is 0. The molecule has 2 fully saturated rings. The number of rotatable bonds is 6. The molecule has 3 nitrogen and oxygen atoms in total. The third-order valence-corrected chi connectivity index (χ3v) is 5.02. The van der Waals surface area contributed by atoms with Crippen molar-refractivity contribution in [3.8, 4) is 6.07 Å². The summed E-state index contributed by atoms with van der Waals surface area (Å²) in [7, 11) is 0. The van der Waals surface area contributed by atoms with Crippen molar-refractivity contribution in [3.05, 3.63) is 36.6 Å². The highest BCUT2D eigenvalue weighted by molar-refractivity contribution is 5.25. The van der Waals surface area contributed by atoms with E-state index in [-0.39, 0.29) is 5.41 Å². The Bertz CT molecular complexity index is 470. The van der Waals surface area contributed by atoms with Crippen LogP contribution in [0.1, 0.15) is 52.9 Å². The Morgan fingerprint density at radius 3 is 2.21 bits per heavy atom. The van der Waals surface area contributed by atoms with Crippen molar-refractivity contribution in [2.24, 2.45) is 5.41 Å². The molecule has 2 aliphatic heterocycles. The normalized spacial score (nSPS) is 20.3. The molecule has 0 unspecified atom stereocenters. The number of allylic oxidation sites excluding steroid dienone is 1. The summed E-state index contributed by atoms with van der Waals surface area (Å²) >= 11 is 0. The zero-order valence-electron chi connectivity index (χ0n) is 16.0. The van der Waals surface area contributed by atoms with Gasteiger partial charge in [-0.2, -0.15) is 5.26 Å². The van der Waals surface area contributed by atoms with Crippen molar-refractivity contribution in [1.82, 2.24) is 9.80 Å². The molecule has 0 N–H and O–H groups in total. The molecule has 24 heavy (non-hydrogen) atoms. The summed E-state index contributed by atoms with van der Waals surface area (Å²) in [5.74, 6) is 0. The summed E-state index contributed by atoms with van der Waals surface area (Å²) in [6.45, 7) is 19.9. The highest BCUT2D eigenvalue weighted by atomic mass is 15.1. The monoisotopic (exact) mass is 329 g/mol. The highest BCUT2D eigenvalue weighted by Crippen LogP contribution is 2.34. The average Bonchev–Trinajstić information content (AvgIpc) is 3.12. The first kappa shape index (κ1) is 20.5. The fourth-order valence-electron chi connectivity index (χ4n) is 3.28. The second-order valence-electron chi connectivity index (χ2n) is 7.10. The van der Waals surface area contributed by atoms with Crippen LogP contribution in [0.15, 0.2) is 36.6 Å². The second kappa shape index (κ2) is 10.4. The van der Waals surface area contributed by atoms with Gasteiger partial charge in [0, 0.05) is 31.8 Å². The van der Waals surface area contributed by atoms with E-state index in [9.17, 15) is 0 Å². The van der Waals surface area contributed by atoms with Gasteiger partial charge < -0.3 is 4.90 Å². The number of hydrogen-bond donors (Lipinski definition) is 0. The lowest BCUT2D eigenvalue weighted by atomic mass is 9.78. The van der Waals surface area contributed by atoms with Gasteiger partial charge in [-0.3, -0.25) is 4.90 Å². The summed E-state index contributed by atoms with van der Waals surface area (Å²) in [5.41, 5.74) is 2.47. The molecule has 0 aliphatic carbocycles. The van der Waals surface area contributed by atoms with E-state index in [0.29, 0.717) is 6.42 Å². The van der Waals surface area contributed by atoms with E-state index in [1.165, 1.54) is 12.8 Å². The molecule has 2 saturated heterocycles. The van der Waals surface area contributed by atoms with E-state index in [1.807, 2.05) is 13.8 Å². The van der Waals surface area contributed by atoms with Crippen LogP contribution in [-0.4, -0.2) is 42.5 Å². The summed E-state index contributed by atoms with van der Waals surface area (Å²) in [6.07, 6.45) is 9.68. The van der Waals surface area contributed by atoms with Crippen LogP contribution < -0.4 is 0 Å². The molecule has 0 saturated carbocycles. The van der Waals surface area contributed by atoms with E-state index in [2.05, 4.69) is 48.1 Å². The van der Waals surface area contributed by atoms with Gasteiger partial charge in [0.1, 0.15) is 0 Å². The summed E-state index contributed by atoms with van der Waals surface area (Å²) in [5, 5.41) is 8.91. The molecular formula is C21H35N3. The fraction of sp³-hybridized carbons (Fsp3) is 0.667. The minimum atomic E-state index is 0.215. The van der Waals surface area contributed by atoms with Crippen molar-refractivity contribution in [2.75, 3.05) is 32.7 Å². The number of nitrogens with zero attached hydrogens (tertiary/aromatic N) is 3. The lowest BCUT2D eigenvalue weighted by Gasteiger charge is -2.38. The molecule has 0 radical (unpaired) electrons. The van der Waals surface area contributed by atoms with Gasteiger partial charge in [0.05, 0.1) is 6.07 Å². The van der Waals surface area contributed by atoms with Crippen LogP contribution in [0.2, 0.25) is 0 Å².